The summed E-state index contributed by atoms with van der Waals surface area (Å²) in [6, 6.07) is 30.0. The van der Waals surface area contributed by atoms with Crippen molar-refractivity contribution in [1.29, 1.82) is 5.41 Å². The fourth-order valence-electron chi connectivity index (χ4n) is 3.51. The van der Waals surface area contributed by atoms with Crippen LogP contribution in [0, 0.1) is 5.41 Å². The minimum absolute atomic E-state index is 0.418. The van der Waals surface area contributed by atoms with Crippen molar-refractivity contribution in [1.82, 2.24) is 0 Å². The Kier molecular flexibility index (Phi) is 6.60. The molecule has 0 heterocycles. The molecule has 5 heteroatoms. The maximum Gasteiger partial charge on any atom is 0.330 e. The van der Waals surface area contributed by atoms with Crippen LogP contribution in [0.4, 0.5) is 11.4 Å². The van der Waals surface area contributed by atoms with E-state index in [-0.39, 0.29) is 0 Å². The van der Waals surface area contributed by atoms with Gasteiger partial charge < -0.3 is 15.1 Å². The van der Waals surface area contributed by atoms with Gasteiger partial charge in [-0.15, -0.1) is 0 Å². The van der Waals surface area contributed by atoms with Gasteiger partial charge in [0, 0.05) is 16.9 Å². The molecule has 0 aliphatic carbocycles. The molecule has 0 saturated heterocycles. The average molecular weight is 449 g/mol. The zero-order valence-electron chi connectivity index (χ0n) is 20.1. The molecule has 0 amide bonds. The van der Waals surface area contributed by atoms with Crippen LogP contribution in [0.25, 0.3) is 10.8 Å². The largest absolute Gasteiger partial charge is 0.427 e. The van der Waals surface area contributed by atoms with Crippen molar-refractivity contribution < 1.29 is 9.76 Å². The predicted molar refractivity (Wildman–Crippen MR) is 143 cm³/mol. The van der Waals surface area contributed by atoms with E-state index in [9.17, 15) is 5.11 Å². The Morgan fingerprint density at radius 1 is 0.824 bits per heavy atom. The highest BCUT2D eigenvalue weighted by molar-refractivity contribution is 6.47. The lowest BCUT2D eigenvalue weighted by Gasteiger charge is -2.37. The van der Waals surface area contributed by atoms with Crippen molar-refractivity contribution in [3.63, 3.8) is 0 Å². The van der Waals surface area contributed by atoms with Gasteiger partial charge in [-0.1, -0.05) is 72.2 Å². The topological polar surface area (TPSA) is 65.3 Å². The fourth-order valence-corrected chi connectivity index (χ4v) is 3.51. The molecule has 171 valence electrons. The maximum atomic E-state index is 10.4. The number of nitrogens with one attached hydrogen (secondary N) is 2. The van der Waals surface area contributed by atoms with E-state index in [1.807, 2.05) is 80.6 Å². The quantitative estimate of drug-likeness (QED) is 0.235. The van der Waals surface area contributed by atoms with Gasteiger partial charge in [0.1, 0.15) is 0 Å². The summed E-state index contributed by atoms with van der Waals surface area (Å²) in [6.45, 7) is 7.17. The summed E-state index contributed by atoms with van der Waals surface area (Å²) in [6.07, 6.45) is 0. The molecule has 0 fully saturated rings. The molecule has 4 aromatic carbocycles. The first kappa shape index (κ1) is 23.7. The van der Waals surface area contributed by atoms with Crippen molar-refractivity contribution >= 4 is 40.8 Å². The van der Waals surface area contributed by atoms with E-state index in [4.69, 9.17) is 10.1 Å². The summed E-state index contributed by atoms with van der Waals surface area (Å²) in [7, 11) is 1.65. The SMILES string of the molecule is CC(C)(O)C(C)(C)O[B]c1cccc(C(=N)c2cc3ccccc3cc2Nc2ccccc2)c1. The van der Waals surface area contributed by atoms with Crippen LogP contribution in [0.1, 0.15) is 38.8 Å². The van der Waals surface area contributed by atoms with E-state index in [1.54, 1.807) is 21.3 Å². The number of aliphatic hydroxyl groups is 1. The highest BCUT2D eigenvalue weighted by Gasteiger charge is 2.35. The first-order chi connectivity index (χ1) is 16.1. The summed E-state index contributed by atoms with van der Waals surface area (Å²) < 4.78 is 5.92. The number of hydrogen-bond acceptors (Lipinski definition) is 4. The van der Waals surface area contributed by atoms with Gasteiger partial charge in [-0.3, -0.25) is 5.41 Å². The van der Waals surface area contributed by atoms with Crippen LogP contribution in [0.2, 0.25) is 0 Å². The number of anilines is 2. The Morgan fingerprint density at radius 3 is 2.15 bits per heavy atom. The standard InChI is InChI=1S/C29H30BN2O2/c1-28(2,33)29(3,4)34-30-23-14-10-13-22(17-23)27(31)25-18-20-11-8-9-12-21(20)19-26(25)32-24-15-6-5-7-16-24/h5-19,31-33H,1-4H3. The van der Waals surface area contributed by atoms with Gasteiger partial charge in [-0.25, -0.2) is 0 Å². The third-order valence-electron chi connectivity index (χ3n) is 6.35. The molecule has 0 saturated carbocycles. The van der Waals surface area contributed by atoms with E-state index < -0.39 is 11.2 Å². The summed E-state index contributed by atoms with van der Waals surface area (Å²) in [5.74, 6) is 0. The summed E-state index contributed by atoms with van der Waals surface area (Å²) >= 11 is 0. The molecule has 0 aliphatic heterocycles. The summed E-state index contributed by atoms with van der Waals surface area (Å²) in [5.41, 5.74) is 2.93. The third kappa shape index (κ3) is 5.22. The van der Waals surface area contributed by atoms with Gasteiger partial charge in [0.2, 0.25) is 0 Å². The van der Waals surface area contributed by atoms with Crippen LogP contribution >= 0.6 is 0 Å². The van der Waals surface area contributed by atoms with Crippen LogP contribution < -0.4 is 10.8 Å². The number of rotatable bonds is 8. The van der Waals surface area contributed by atoms with E-state index in [2.05, 4.69) is 29.6 Å². The zero-order chi connectivity index (χ0) is 24.3. The number of hydrogen-bond donors (Lipinski definition) is 3. The summed E-state index contributed by atoms with van der Waals surface area (Å²) in [5, 5.41) is 25.1. The van der Waals surface area contributed by atoms with Crippen LogP contribution in [-0.4, -0.2) is 29.5 Å². The molecule has 4 nitrogen and oxygen atoms in total. The second kappa shape index (κ2) is 9.45. The average Bonchev–Trinajstić information content (AvgIpc) is 2.82. The van der Waals surface area contributed by atoms with Crippen molar-refractivity contribution in [2.75, 3.05) is 5.32 Å². The second-order valence-corrected chi connectivity index (χ2v) is 9.54. The molecule has 1 radical (unpaired) electrons. The highest BCUT2D eigenvalue weighted by Crippen LogP contribution is 2.29. The van der Waals surface area contributed by atoms with Crippen LogP contribution in [-0.2, 0) is 4.65 Å². The molecular weight excluding hydrogens is 419 g/mol. The van der Waals surface area contributed by atoms with Gasteiger partial charge in [-0.05, 0) is 68.3 Å². The first-order valence-corrected chi connectivity index (χ1v) is 11.4. The Morgan fingerprint density at radius 2 is 1.47 bits per heavy atom. The van der Waals surface area contributed by atoms with Gasteiger partial charge in [-0.2, -0.15) is 0 Å². The van der Waals surface area contributed by atoms with Crippen molar-refractivity contribution in [2.45, 2.75) is 38.9 Å². The molecule has 0 spiro atoms. The van der Waals surface area contributed by atoms with Gasteiger partial charge in [0.05, 0.1) is 16.9 Å². The van der Waals surface area contributed by atoms with Crippen molar-refractivity contribution in [2.24, 2.45) is 0 Å². The summed E-state index contributed by atoms with van der Waals surface area (Å²) in [4.78, 5) is 0. The second-order valence-electron chi connectivity index (χ2n) is 9.54. The lowest BCUT2D eigenvalue weighted by molar-refractivity contribution is -0.0893. The molecule has 3 N–H and O–H groups in total. The van der Waals surface area contributed by atoms with Crippen molar-refractivity contribution in [3.8, 4) is 0 Å². The normalized spacial score (nSPS) is 11.9. The van der Waals surface area contributed by atoms with Crippen LogP contribution in [0.5, 0.6) is 0 Å². The number of fused-ring (bicyclic) bond motifs is 1. The maximum absolute atomic E-state index is 10.4. The molecule has 0 aromatic heterocycles. The molecule has 4 rings (SSSR count). The Balaban J connectivity index is 1.67. The lowest BCUT2D eigenvalue weighted by atomic mass is 9.81. The van der Waals surface area contributed by atoms with Gasteiger partial charge in [0.15, 0.2) is 0 Å². The Bertz CT molecular complexity index is 1310. The smallest absolute Gasteiger partial charge is 0.330 e. The fraction of sp³-hybridized carbons (Fsp3) is 0.207. The first-order valence-electron chi connectivity index (χ1n) is 11.4. The van der Waals surface area contributed by atoms with E-state index in [0.29, 0.717) is 5.71 Å². The molecule has 0 aliphatic rings. The molecule has 0 atom stereocenters. The molecular formula is C29H30BN2O2. The number of para-hydroxylation sites is 1. The molecule has 0 unspecified atom stereocenters. The van der Waals surface area contributed by atoms with E-state index in [0.717, 1.165) is 38.7 Å². The Labute approximate surface area is 202 Å². The third-order valence-corrected chi connectivity index (χ3v) is 6.35. The van der Waals surface area contributed by atoms with E-state index >= 15 is 0 Å². The predicted octanol–water partition coefficient (Wildman–Crippen LogP) is 5.81. The number of benzene rings is 4. The van der Waals surface area contributed by atoms with Crippen LogP contribution in [0.15, 0.2) is 91.0 Å². The monoisotopic (exact) mass is 449 g/mol. The van der Waals surface area contributed by atoms with Gasteiger partial charge in [0.25, 0.3) is 0 Å². The zero-order valence-corrected chi connectivity index (χ0v) is 20.1. The van der Waals surface area contributed by atoms with E-state index in [1.165, 1.54) is 0 Å². The minimum atomic E-state index is -1.00. The Hall–Kier alpha value is -3.41. The lowest BCUT2D eigenvalue weighted by Crippen LogP contribution is -2.49. The molecule has 0 bridgehead atoms. The highest BCUT2D eigenvalue weighted by atomic mass is 16.5. The van der Waals surface area contributed by atoms with Crippen molar-refractivity contribution in [3.05, 3.63) is 102 Å². The van der Waals surface area contributed by atoms with Crippen LogP contribution in [0.3, 0.4) is 0 Å². The van der Waals surface area contributed by atoms with Gasteiger partial charge >= 0.3 is 7.48 Å². The molecule has 34 heavy (non-hydrogen) atoms. The molecule has 4 aromatic rings. The minimum Gasteiger partial charge on any atom is -0.427 e.